The number of halogens is 1. The third-order valence-corrected chi connectivity index (χ3v) is 2.05. The summed E-state index contributed by atoms with van der Waals surface area (Å²) >= 11 is 3.35. The van der Waals surface area contributed by atoms with E-state index in [4.69, 9.17) is 11.6 Å². The highest BCUT2D eigenvalue weighted by Crippen LogP contribution is 2.14. The molecule has 0 saturated heterocycles. The van der Waals surface area contributed by atoms with Crippen molar-refractivity contribution in [2.45, 2.75) is 0 Å². The highest BCUT2D eigenvalue weighted by Gasteiger charge is 1.96. The van der Waals surface area contributed by atoms with E-state index in [0.29, 0.717) is 5.70 Å². The first kappa shape index (κ1) is 10.1. The molecule has 0 aromatic heterocycles. The molecule has 0 bridgehead atoms. The minimum atomic E-state index is 0.650. The number of nitrogens with two attached hydrogens (primary N) is 2. The molecule has 0 heterocycles. The Morgan fingerprint density at radius 2 is 1.92 bits per heavy atom. The maximum atomic E-state index is 5.77. The second-order valence-corrected chi connectivity index (χ2v) is 3.67. The highest BCUT2D eigenvalue weighted by atomic mass is 79.9. The van der Waals surface area contributed by atoms with Gasteiger partial charge in [-0.1, -0.05) is 28.1 Å². The summed E-state index contributed by atoms with van der Waals surface area (Å²) in [6.07, 6.45) is 1.67. The molecule has 0 aliphatic carbocycles. The van der Waals surface area contributed by atoms with Crippen LogP contribution in [0.5, 0.6) is 0 Å². The number of hydrogen-bond acceptors (Lipinski definition) is 3. The van der Waals surface area contributed by atoms with Crippen LogP contribution in [-0.2, 0) is 0 Å². The van der Waals surface area contributed by atoms with Gasteiger partial charge in [0.15, 0.2) is 0 Å². The van der Waals surface area contributed by atoms with Gasteiger partial charge in [-0.05, 0) is 17.7 Å². The van der Waals surface area contributed by atoms with Crippen molar-refractivity contribution in [1.82, 2.24) is 5.01 Å². The van der Waals surface area contributed by atoms with E-state index in [1.54, 1.807) is 13.2 Å². The fourth-order valence-electron chi connectivity index (χ4n) is 0.936. The summed E-state index contributed by atoms with van der Waals surface area (Å²) < 4.78 is 1.03. The third kappa shape index (κ3) is 3.08. The SMILES string of the molecule is CN(N)/C=C(\N)c1ccc(Br)cc1. The summed E-state index contributed by atoms with van der Waals surface area (Å²) in [7, 11) is 1.73. The molecule has 0 atom stereocenters. The lowest BCUT2D eigenvalue weighted by molar-refractivity contribution is 0.486. The van der Waals surface area contributed by atoms with Gasteiger partial charge in [-0.25, -0.2) is 5.84 Å². The van der Waals surface area contributed by atoms with E-state index in [0.717, 1.165) is 10.0 Å². The molecular formula is C9H12BrN3. The van der Waals surface area contributed by atoms with Gasteiger partial charge in [0, 0.05) is 17.7 Å². The van der Waals surface area contributed by atoms with Crippen molar-refractivity contribution in [3.63, 3.8) is 0 Å². The summed E-state index contributed by atoms with van der Waals surface area (Å²) in [6.45, 7) is 0. The van der Waals surface area contributed by atoms with Gasteiger partial charge in [-0.3, -0.25) is 0 Å². The summed E-state index contributed by atoms with van der Waals surface area (Å²) in [5.41, 5.74) is 7.38. The van der Waals surface area contributed by atoms with E-state index in [9.17, 15) is 0 Å². The van der Waals surface area contributed by atoms with Crippen molar-refractivity contribution >= 4 is 21.6 Å². The normalized spacial score (nSPS) is 11.5. The smallest absolute Gasteiger partial charge is 0.0564 e. The van der Waals surface area contributed by atoms with E-state index < -0.39 is 0 Å². The molecule has 3 nitrogen and oxygen atoms in total. The maximum absolute atomic E-state index is 5.77. The molecule has 1 rings (SSSR count). The maximum Gasteiger partial charge on any atom is 0.0564 e. The van der Waals surface area contributed by atoms with Crippen molar-refractivity contribution in [2.24, 2.45) is 11.6 Å². The number of hydrazine groups is 1. The molecule has 13 heavy (non-hydrogen) atoms. The van der Waals surface area contributed by atoms with E-state index in [1.165, 1.54) is 5.01 Å². The number of hydrogen-bond donors (Lipinski definition) is 2. The molecule has 1 aromatic carbocycles. The Kier molecular flexibility index (Phi) is 3.33. The van der Waals surface area contributed by atoms with Crippen LogP contribution in [0.25, 0.3) is 5.70 Å². The van der Waals surface area contributed by atoms with Gasteiger partial charge in [-0.15, -0.1) is 0 Å². The van der Waals surface area contributed by atoms with Crippen LogP contribution in [-0.4, -0.2) is 12.1 Å². The van der Waals surface area contributed by atoms with E-state index in [2.05, 4.69) is 15.9 Å². The minimum Gasteiger partial charge on any atom is -0.397 e. The minimum absolute atomic E-state index is 0.650. The number of benzene rings is 1. The fraction of sp³-hybridized carbons (Fsp3) is 0.111. The molecule has 0 radical (unpaired) electrons. The van der Waals surface area contributed by atoms with Crippen LogP contribution in [0.3, 0.4) is 0 Å². The summed E-state index contributed by atoms with van der Waals surface area (Å²) in [4.78, 5) is 0. The zero-order valence-corrected chi connectivity index (χ0v) is 8.95. The number of nitrogens with zero attached hydrogens (tertiary/aromatic N) is 1. The fourth-order valence-corrected chi connectivity index (χ4v) is 1.20. The van der Waals surface area contributed by atoms with Crippen LogP contribution >= 0.6 is 15.9 Å². The lowest BCUT2D eigenvalue weighted by Crippen LogP contribution is -2.20. The van der Waals surface area contributed by atoms with Gasteiger partial charge in [0.2, 0.25) is 0 Å². The molecule has 0 saturated carbocycles. The van der Waals surface area contributed by atoms with Gasteiger partial charge in [-0.2, -0.15) is 0 Å². The second kappa shape index (κ2) is 4.30. The van der Waals surface area contributed by atoms with E-state index in [-0.39, 0.29) is 0 Å². The molecule has 70 valence electrons. The van der Waals surface area contributed by atoms with Crippen LogP contribution in [0.2, 0.25) is 0 Å². The van der Waals surface area contributed by atoms with Gasteiger partial charge >= 0.3 is 0 Å². The molecular weight excluding hydrogens is 230 g/mol. The third-order valence-electron chi connectivity index (χ3n) is 1.52. The van der Waals surface area contributed by atoms with Gasteiger partial charge in [0.25, 0.3) is 0 Å². The predicted octanol–water partition coefficient (Wildman–Crippen LogP) is 1.51. The summed E-state index contributed by atoms with van der Waals surface area (Å²) in [6, 6.07) is 7.73. The average Bonchev–Trinajstić information content (AvgIpc) is 2.04. The standard InChI is InChI=1S/C9H12BrN3/c1-13(12)6-9(11)7-2-4-8(10)5-3-7/h2-6H,11-12H2,1H3/b9-6-. The van der Waals surface area contributed by atoms with Gasteiger partial charge in [0.05, 0.1) is 5.70 Å². The Labute approximate surface area is 86.1 Å². The zero-order chi connectivity index (χ0) is 9.84. The molecule has 0 fully saturated rings. The van der Waals surface area contributed by atoms with Crippen LogP contribution in [0.15, 0.2) is 34.9 Å². The van der Waals surface area contributed by atoms with Crippen LogP contribution in [0, 0.1) is 0 Å². The molecule has 0 aliphatic heterocycles. The molecule has 0 amide bonds. The first-order valence-corrected chi connectivity index (χ1v) is 4.59. The van der Waals surface area contributed by atoms with Crippen LogP contribution in [0.4, 0.5) is 0 Å². The van der Waals surface area contributed by atoms with Gasteiger partial charge in [0.1, 0.15) is 0 Å². The Morgan fingerprint density at radius 1 is 1.38 bits per heavy atom. The van der Waals surface area contributed by atoms with Crippen LogP contribution in [0.1, 0.15) is 5.56 Å². The molecule has 1 aromatic rings. The summed E-state index contributed by atoms with van der Waals surface area (Å²) in [5, 5.41) is 1.43. The first-order valence-electron chi connectivity index (χ1n) is 3.80. The molecule has 4 N–H and O–H groups in total. The Balaban J connectivity index is 2.89. The molecule has 0 unspecified atom stereocenters. The largest absolute Gasteiger partial charge is 0.397 e. The topological polar surface area (TPSA) is 55.3 Å². The molecule has 4 heteroatoms. The Morgan fingerprint density at radius 3 is 2.38 bits per heavy atom. The monoisotopic (exact) mass is 241 g/mol. The lowest BCUT2D eigenvalue weighted by Gasteiger charge is -2.07. The molecule has 0 aliphatic rings. The predicted molar refractivity (Wildman–Crippen MR) is 58.3 cm³/mol. The van der Waals surface area contributed by atoms with Crippen molar-refractivity contribution in [3.8, 4) is 0 Å². The number of rotatable bonds is 2. The van der Waals surface area contributed by atoms with Crippen molar-refractivity contribution in [2.75, 3.05) is 7.05 Å². The average molecular weight is 242 g/mol. The Bertz CT molecular complexity index is 303. The Hall–Kier alpha value is -1.000. The van der Waals surface area contributed by atoms with Gasteiger partial charge < -0.3 is 10.7 Å². The van der Waals surface area contributed by atoms with Crippen molar-refractivity contribution in [3.05, 3.63) is 40.5 Å². The van der Waals surface area contributed by atoms with E-state index >= 15 is 0 Å². The second-order valence-electron chi connectivity index (χ2n) is 2.76. The first-order chi connectivity index (χ1) is 6.09. The zero-order valence-electron chi connectivity index (χ0n) is 7.37. The summed E-state index contributed by atoms with van der Waals surface area (Å²) in [5.74, 6) is 5.43. The highest BCUT2D eigenvalue weighted by molar-refractivity contribution is 9.10. The lowest BCUT2D eigenvalue weighted by atomic mass is 10.2. The quantitative estimate of drug-likeness (QED) is 0.610. The molecule has 0 spiro atoms. The van der Waals surface area contributed by atoms with E-state index in [1.807, 2.05) is 24.3 Å². The van der Waals surface area contributed by atoms with Crippen molar-refractivity contribution < 1.29 is 0 Å². The van der Waals surface area contributed by atoms with Crippen LogP contribution < -0.4 is 11.6 Å². The van der Waals surface area contributed by atoms with Crippen molar-refractivity contribution in [1.29, 1.82) is 0 Å².